The minimum atomic E-state index is 0.349. The first-order chi connectivity index (χ1) is 5.64. The summed E-state index contributed by atoms with van der Waals surface area (Å²) in [5.74, 6) is 0.907. The number of hydrogen-bond donors (Lipinski definition) is 2. The molecule has 0 unspecified atom stereocenters. The number of nitrogens with one attached hydrogen (secondary N) is 1. The van der Waals surface area contributed by atoms with Crippen molar-refractivity contribution < 1.29 is 0 Å². The molecule has 1 rings (SSSR count). The molecule has 1 aliphatic rings. The maximum absolute atomic E-state index is 5.71. The zero-order chi connectivity index (χ0) is 9.03. The quantitative estimate of drug-likeness (QED) is 0.671. The molecular formula is C10H22N2. The van der Waals surface area contributed by atoms with E-state index in [9.17, 15) is 0 Å². The van der Waals surface area contributed by atoms with E-state index in [2.05, 4.69) is 19.2 Å². The largest absolute Gasteiger partial charge is 0.330 e. The minimum Gasteiger partial charge on any atom is -0.330 e. The van der Waals surface area contributed by atoms with Crippen molar-refractivity contribution in [3.63, 3.8) is 0 Å². The zero-order valence-electron chi connectivity index (χ0n) is 8.40. The number of nitrogens with two attached hydrogens (primary N) is 1. The van der Waals surface area contributed by atoms with Gasteiger partial charge in [-0.15, -0.1) is 0 Å². The van der Waals surface area contributed by atoms with Crippen LogP contribution >= 0.6 is 0 Å². The van der Waals surface area contributed by atoms with Crippen LogP contribution in [-0.2, 0) is 0 Å². The average Bonchev–Trinajstić information content (AvgIpc) is 2.06. The molecule has 2 nitrogen and oxygen atoms in total. The highest BCUT2D eigenvalue weighted by Gasteiger charge is 2.22. The van der Waals surface area contributed by atoms with E-state index in [0.29, 0.717) is 5.41 Å². The van der Waals surface area contributed by atoms with Gasteiger partial charge in [0, 0.05) is 0 Å². The Morgan fingerprint density at radius 2 is 1.92 bits per heavy atom. The summed E-state index contributed by atoms with van der Waals surface area (Å²) in [6.45, 7) is 7.76. The van der Waals surface area contributed by atoms with Crippen molar-refractivity contribution in [1.29, 1.82) is 0 Å². The fraction of sp³-hybridized carbons (Fsp3) is 1.00. The SMILES string of the molecule is CC(C)(CN)CC1CCNCC1. The first-order valence-electron chi connectivity index (χ1n) is 5.05. The smallest absolute Gasteiger partial charge is 0.00257 e. The van der Waals surface area contributed by atoms with Crippen molar-refractivity contribution in [3.05, 3.63) is 0 Å². The van der Waals surface area contributed by atoms with Crippen LogP contribution in [0.15, 0.2) is 0 Å². The van der Waals surface area contributed by atoms with Crippen LogP contribution in [0.3, 0.4) is 0 Å². The van der Waals surface area contributed by atoms with E-state index in [1.165, 1.54) is 32.4 Å². The molecule has 0 aromatic carbocycles. The third-order valence-electron chi connectivity index (χ3n) is 2.85. The van der Waals surface area contributed by atoms with Gasteiger partial charge < -0.3 is 11.1 Å². The summed E-state index contributed by atoms with van der Waals surface area (Å²) in [7, 11) is 0. The van der Waals surface area contributed by atoms with Crippen LogP contribution in [-0.4, -0.2) is 19.6 Å². The van der Waals surface area contributed by atoms with Crippen molar-refractivity contribution in [2.75, 3.05) is 19.6 Å². The Kier molecular flexibility index (Phi) is 3.53. The van der Waals surface area contributed by atoms with Crippen LogP contribution in [0.4, 0.5) is 0 Å². The fourth-order valence-corrected chi connectivity index (χ4v) is 1.95. The Hall–Kier alpha value is -0.0800. The van der Waals surface area contributed by atoms with Crippen LogP contribution in [0.5, 0.6) is 0 Å². The Morgan fingerprint density at radius 1 is 1.33 bits per heavy atom. The zero-order valence-corrected chi connectivity index (χ0v) is 8.40. The summed E-state index contributed by atoms with van der Waals surface area (Å²) >= 11 is 0. The molecular weight excluding hydrogens is 148 g/mol. The second-order valence-electron chi connectivity index (χ2n) is 4.77. The highest BCUT2D eigenvalue weighted by atomic mass is 14.9. The van der Waals surface area contributed by atoms with Gasteiger partial charge in [-0.3, -0.25) is 0 Å². The Balaban J connectivity index is 2.28. The van der Waals surface area contributed by atoms with Crippen LogP contribution in [0.1, 0.15) is 33.1 Å². The summed E-state index contributed by atoms with van der Waals surface area (Å²) in [5, 5.41) is 3.39. The molecule has 0 aromatic heterocycles. The summed E-state index contributed by atoms with van der Waals surface area (Å²) in [6.07, 6.45) is 3.97. The molecule has 2 heteroatoms. The molecule has 0 radical (unpaired) electrons. The van der Waals surface area contributed by atoms with Crippen molar-refractivity contribution >= 4 is 0 Å². The van der Waals surface area contributed by atoms with E-state index in [1.807, 2.05) is 0 Å². The Morgan fingerprint density at radius 3 is 2.42 bits per heavy atom. The van der Waals surface area contributed by atoms with Crippen molar-refractivity contribution in [1.82, 2.24) is 5.32 Å². The molecule has 3 N–H and O–H groups in total. The topological polar surface area (TPSA) is 38.0 Å². The summed E-state index contributed by atoms with van der Waals surface area (Å²) in [6, 6.07) is 0. The predicted octanol–water partition coefficient (Wildman–Crippen LogP) is 1.36. The average molecular weight is 170 g/mol. The predicted molar refractivity (Wildman–Crippen MR) is 53.0 cm³/mol. The van der Waals surface area contributed by atoms with E-state index < -0.39 is 0 Å². The normalized spacial score (nSPS) is 21.2. The molecule has 0 saturated carbocycles. The van der Waals surface area contributed by atoms with E-state index in [-0.39, 0.29) is 0 Å². The Labute approximate surface area is 75.9 Å². The maximum atomic E-state index is 5.71. The third kappa shape index (κ3) is 3.11. The lowest BCUT2D eigenvalue weighted by atomic mass is 9.79. The van der Waals surface area contributed by atoms with Crippen molar-refractivity contribution in [2.24, 2.45) is 17.1 Å². The summed E-state index contributed by atoms with van der Waals surface area (Å²) in [5.41, 5.74) is 6.06. The lowest BCUT2D eigenvalue weighted by molar-refractivity contribution is 0.235. The van der Waals surface area contributed by atoms with E-state index >= 15 is 0 Å². The van der Waals surface area contributed by atoms with Crippen LogP contribution < -0.4 is 11.1 Å². The van der Waals surface area contributed by atoms with Gasteiger partial charge in [0.1, 0.15) is 0 Å². The lowest BCUT2D eigenvalue weighted by Gasteiger charge is -2.31. The van der Waals surface area contributed by atoms with Gasteiger partial charge in [-0.1, -0.05) is 13.8 Å². The molecule has 72 valence electrons. The number of piperidine rings is 1. The van der Waals surface area contributed by atoms with Gasteiger partial charge in [-0.2, -0.15) is 0 Å². The van der Waals surface area contributed by atoms with Crippen molar-refractivity contribution in [3.8, 4) is 0 Å². The number of rotatable bonds is 3. The van der Waals surface area contributed by atoms with Gasteiger partial charge in [0.15, 0.2) is 0 Å². The van der Waals surface area contributed by atoms with Gasteiger partial charge in [-0.25, -0.2) is 0 Å². The molecule has 0 aliphatic carbocycles. The maximum Gasteiger partial charge on any atom is -0.00257 e. The molecule has 1 heterocycles. The molecule has 1 fully saturated rings. The molecule has 0 bridgehead atoms. The first kappa shape index (κ1) is 10.0. The fourth-order valence-electron chi connectivity index (χ4n) is 1.95. The van der Waals surface area contributed by atoms with E-state index in [1.54, 1.807) is 0 Å². The third-order valence-corrected chi connectivity index (χ3v) is 2.85. The minimum absolute atomic E-state index is 0.349. The van der Waals surface area contributed by atoms with Gasteiger partial charge in [-0.05, 0) is 50.2 Å². The first-order valence-corrected chi connectivity index (χ1v) is 5.05. The molecule has 0 amide bonds. The highest BCUT2D eigenvalue weighted by Crippen LogP contribution is 2.28. The molecule has 1 saturated heterocycles. The summed E-state index contributed by atoms with van der Waals surface area (Å²) < 4.78 is 0. The second-order valence-corrected chi connectivity index (χ2v) is 4.77. The lowest BCUT2D eigenvalue weighted by Crippen LogP contribution is -2.33. The summed E-state index contributed by atoms with van der Waals surface area (Å²) in [4.78, 5) is 0. The van der Waals surface area contributed by atoms with Gasteiger partial charge in [0.2, 0.25) is 0 Å². The molecule has 0 spiro atoms. The molecule has 0 aromatic rings. The van der Waals surface area contributed by atoms with Crippen LogP contribution in [0, 0.1) is 11.3 Å². The monoisotopic (exact) mass is 170 g/mol. The van der Waals surface area contributed by atoms with Gasteiger partial charge in [0.05, 0.1) is 0 Å². The highest BCUT2D eigenvalue weighted by molar-refractivity contribution is 4.77. The van der Waals surface area contributed by atoms with Gasteiger partial charge >= 0.3 is 0 Å². The standard InChI is InChI=1S/C10H22N2/c1-10(2,8-11)7-9-3-5-12-6-4-9/h9,12H,3-8,11H2,1-2H3. The van der Waals surface area contributed by atoms with Gasteiger partial charge in [0.25, 0.3) is 0 Å². The van der Waals surface area contributed by atoms with Crippen molar-refractivity contribution in [2.45, 2.75) is 33.1 Å². The molecule has 12 heavy (non-hydrogen) atoms. The van der Waals surface area contributed by atoms with E-state index in [0.717, 1.165) is 12.5 Å². The molecule has 1 aliphatic heterocycles. The second kappa shape index (κ2) is 4.24. The molecule has 0 atom stereocenters. The van der Waals surface area contributed by atoms with Crippen LogP contribution in [0.2, 0.25) is 0 Å². The van der Waals surface area contributed by atoms with E-state index in [4.69, 9.17) is 5.73 Å². The number of hydrogen-bond acceptors (Lipinski definition) is 2. The Bertz CT molecular complexity index is 126. The van der Waals surface area contributed by atoms with Crippen LogP contribution in [0.25, 0.3) is 0 Å².